The number of phosphoric acid groups is 1. The molecule has 0 amide bonds. The summed E-state index contributed by atoms with van der Waals surface area (Å²) in [4.78, 5) is 42.7. The quantitative estimate of drug-likeness (QED) is 0.0290. The van der Waals surface area contributed by atoms with Crippen LogP contribution in [0.4, 0.5) is 0 Å². The van der Waals surface area contributed by atoms with E-state index in [0.717, 1.165) is 51.4 Å². The fourth-order valence-corrected chi connectivity index (χ4v) is 5.62. The normalized spacial score (nSPS) is 12.8. The lowest BCUT2D eigenvalue weighted by atomic mass is 10.0. The zero-order valence-electron chi connectivity index (χ0n) is 30.6. The summed E-state index contributed by atoms with van der Waals surface area (Å²) in [6.45, 7) is 3.62. The second-order valence-corrected chi connectivity index (χ2v) is 14.1. The highest BCUT2D eigenvalue weighted by molar-refractivity contribution is 7.46. The van der Waals surface area contributed by atoms with E-state index in [1.165, 1.54) is 96.3 Å². The number of allylic oxidation sites excluding steroid dienone is 6. The van der Waals surface area contributed by atoms with Gasteiger partial charge in [-0.1, -0.05) is 153 Å². The predicted octanol–water partition coefficient (Wildman–Crippen LogP) is 11.4. The average molecular weight is 699 g/mol. The summed E-state index contributed by atoms with van der Waals surface area (Å²) in [5.74, 6) is -0.926. The molecule has 0 fully saturated rings. The topological polar surface area (TPSA) is 119 Å². The van der Waals surface area contributed by atoms with E-state index in [9.17, 15) is 14.2 Å². The van der Waals surface area contributed by atoms with Crippen LogP contribution in [-0.4, -0.2) is 41.0 Å². The standard InChI is InChI=1S/C39H71O8P/c1-3-5-7-9-11-13-15-17-19-21-23-25-27-29-31-33-38(40)45-35-37(36-46-48(42,43)44)47-39(41)34-32-30-28-26-24-22-20-18-16-14-12-10-8-6-4-2/h12,14,18,20,24,26,37H,3-11,13,15-17,19,21-23,25,27-36H2,1-2H3,(H2,42,43,44)/b14-12-,20-18-,26-24-/t37-/m1/s1. The van der Waals surface area contributed by atoms with Crippen molar-refractivity contribution in [2.75, 3.05) is 13.2 Å². The number of carbonyl (C=O) groups excluding carboxylic acids is 2. The molecule has 0 aromatic heterocycles. The molecule has 2 N–H and O–H groups in total. The molecule has 0 heterocycles. The molecule has 0 aliphatic rings. The van der Waals surface area contributed by atoms with Gasteiger partial charge in [-0.2, -0.15) is 0 Å². The first kappa shape index (κ1) is 46.3. The van der Waals surface area contributed by atoms with E-state index < -0.39 is 32.5 Å². The number of rotatable bonds is 35. The van der Waals surface area contributed by atoms with Crippen LogP contribution in [0.25, 0.3) is 0 Å². The van der Waals surface area contributed by atoms with Gasteiger partial charge < -0.3 is 19.3 Å². The average Bonchev–Trinajstić information content (AvgIpc) is 3.05. The highest BCUT2D eigenvalue weighted by Gasteiger charge is 2.22. The lowest BCUT2D eigenvalue weighted by Crippen LogP contribution is -2.29. The van der Waals surface area contributed by atoms with Gasteiger partial charge in [0, 0.05) is 12.8 Å². The van der Waals surface area contributed by atoms with Crippen LogP contribution < -0.4 is 0 Å². The van der Waals surface area contributed by atoms with E-state index >= 15 is 0 Å². The van der Waals surface area contributed by atoms with Crippen molar-refractivity contribution in [3.63, 3.8) is 0 Å². The first-order chi connectivity index (χ1) is 23.3. The van der Waals surface area contributed by atoms with Gasteiger partial charge in [-0.05, 0) is 51.4 Å². The predicted molar refractivity (Wildman–Crippen MR) is 198 cm³/mol. The van der Waals surface area contributed by atoms with Gasteiger partial charge >= 0.3 is 19.8 Å². The number of hydrogen-bond donors (Lipinski definition) is 2. The van der Waals surface area contributed by atoms with Crippen molar-refractivity contribution in [1.29, 1.82) is 0 Å². The van der Waals surface area contributed by atoms with E-state index in [-0.39, 0.29) is 19.4 Å². The molecule has 0 aromatic rings. The Morgan fingerprint density at radius 2 is 0.938 bits per heavy atom. The van der Waals surface area contributed by atoms with Gasteiger partial charge in [0.25, 0.3) is 0 Å². The summed E-state index contributed by atoms with van der Waals surface area (Å²) in [6.07, 6.45) is 40.1. The number of hydrogen-bond acceptors (Lipinski definition) is 6. The number of ether oxygens (including phenoxy) is 2. The van der Waals surface area contributed by atoms with Crippen LogP contribution in [0.1, 0.15) is 181 Å². The lowest BCUT2D eigenvalue weighted by Gasteiger charge is -2.18. The highest BCUT2D eigenvalue weighted by Crippen LogP contribution is 2.36. The summed E-state index contributed by atoms with van der Waals surface area (Å²) in [5.41, 5.74) is 0. The van der Waals surface area contributed by atoms with Crippen LogP contribution >= 0.6 is 7.82 Å². The molecule has 0 saturated carbocycles. The van der Waals surface area contributed by atoms with Crippen molar-refractivity contribution in [3.05, 3.63) is 36.5 Å². The second kappa shape index (κ2) is 35.1. The summed E-state index contributed by atoms with van der Waals surface area (Å²) in [6, 6.07) is 0. The molecule has 280 valence electrons. The fraction of sp³-hybridized carbons (Fsp3) is 0.795. The Morgan fingerprint density at radius 1 is 0.542 bits per heavy atom. The Morgan fingerprint density at radius 3 is 1.44 bits per heavy atom. The van der Waals surface area contributed by atoms with Gasteiger partial charge in [-0.3, -0.25) is 14.1 Å². The molecule has 8 nitrogen and oxygen atoms in total. The summed E-state index contributed by atoms with van der Waals surface area (Å²) in [7, 11) is -4.76. The van der Waals surface area contributed by atoms with Gasteiger partial charge in [0.15, 0.2) is 6.10 Å². The minimum Gasteiger partial charge on any atom is -0.462 e. The van der Waals surface area contributed by atoms with Crippen molar-refractivity contribution in [2.45, 2.75) is 187 Å². The molecule has 0 rings (SSSR count). The van der Waals surface area contributed by atoms with Crippen molar-refractivity contribution < 1.29 is 37.9 Å². The Hall–Kier alpha value is -1.73. The Balaban J connectivity index is 4.01. The second-order valence-electron chi connectivity index (χ2n) is 12.9. The number of esters is 2. The Bertz CT molecular complexity index is 879. The third-order valence-electron chi connectivity index (χ3n) is 8.16. The third-order valence-corrected chi connectivity index (χ3v) is 8.65. The van der Waals surface area contributed by atoms with Gasteiger partial charge in [0.1, 0.15) is 6.61 Å². The first-order valence-electron chi connectivity index (χ1n) is 19.3. The molecule has 9 heteroatoms. The van der Waals surface area contributed by atoms with Crippen molar-refractivity contribution in [3.8, 4) is 0 Å². The van der Waals surface area contributed by atoms with E-state index in [1.807, 2.05) is 0 Å². The van der Waals surface area contributed by atoms with Gasteiger partial charge in [-0.25, -0.2) is 4.57 Å². The molecule has 1 atom stereocenters. The maximum Gasteiger partial charge on any atom is 0.469 e. The molecule has 0 aliphatic heterocycles. The smallest absolute Gasteiger partial charge is 0.462 e. The monoisotopic (exact) mass is 698 g/mol. The van der Waals surface area contributed by atoms with Gasteiger partial charge in [0.2, 0.25) is 0 Å². The molecule has 0 spiro atoms. The van der Waals surface area contributed by atoms with Crippen LogP contribution in [0.2, 0.25) is 0 Å². The number of phosphoric ester groups is 1. The SMILES string of the molecule is CCCCC/C=C\C/C=C\C/C=C\CCCCC(=O)O[C@H](COC(=O)CCCCCCCCCCCCCCCCC)COP(=O)(O)O. The highest BCUT2D eigenvalue weighted by atomic mass is 31.2. The minimum atomic E-state index is -4.76. The van der Waals surface area contributed by atoms with E-state index in [4.69, 9.17) is 19.3 Å². The largest absolute Gasteiger partial charge is 0.469 e. The van der Waals surface area contributed by atoms with Crippen molar-refractivity contribution in [1.82, 2.24) is 0 Å². The molecule has 0 saturated heterocycles. The van der Waals surface area contributed by atoms with Crippen LogP contribution in [0.3, 0.4) is 0 Å². The zero-order valence-corrected chi connectivity index (χ0v) is 31.5. The Kier molecular flexibility index (Phi) is 33.8. The van der Waals surface area contributed by atoms with Crippen molar-refractivity contribution in [2.24, 2.45) is 0 Å². The summed E-state index contributed by atoms with van der Waals surface area (Å²) in [5, 5.41) is 0. The zero-order chi connectivity index (χ0) is 35.4. The summed E-state index contributed by atoms with van der Waals surface area (Å²) >= 11 is 0. The molecule has 0 unspecified atom stereocenters. The number of carbonyl (C=O) groups is 2. The first-order valence-corrected chi connectivity index (χ1v) is 20.8. The lowest BCUT2D eigenvalue weighted by molar-refractivity contribution is -0.161. The molecule has 0 radical (unpaired) electrons. The molecule has 0 aromatic carbocycles. The van der Waals surface area contributed by atoms with Crippen LogP contribution in [-0.2, 0) is 28.2 Å². The van der Waals surface area contributed by atoms with Crippen LogP contribution in [0.15, 0.2) is 36.5 Å². The fourth-order valence-electron chi connectivity index (χ4n) is 5.26. The van der Waals surface area contributed by atoms with Gasteiger partial charge in [-0.15, -0.1) is 0 Å². The summed E-state index contributed by atoms with van der Waals surface area (Å²) < 4.78 is 26.3. The van der Waals surface area contributed by atoms with Gasteiger partial charge in [0.05, 0.1) is 6.61 Å². The van der Waals surface area contributed by atoms with E-state index in [2.05, 4.69) is 54.8 Å². The minimum absolute atomic E-state index is 0.164. The third kappa shape index (κ3) is 37.1. The van der Waals surface area contributed by atoms with Crippen LogP contribution in [0.5, 0.6) is 0 Å². The van der Waals surface area contributed by atoms with E-state index in [0.29, 0.717) is 6.42 Å². The van der Waals surface area contributed by atoms with E-state index in [1.54, 1.807) is 0 Å². The van der Waals surface area contributed by atoms with Crippen molar-refractivity contribution >= 4 is 19.8 Å². The molecular weight excluding hydrogens is 627 g/mol. The molecule has 48 heavy (non-hydrogen) atoms. The Labute approximate surface area is 293 Å². The maximum atomic E-state index is 12.3. The maximum absolute atomic E-state index is 12.3. The van der Waals surface area contributed by atoms with Crippen LogP contribution in [0, 0.1) is 0 Å². The molecule has 0 bridgehead atoms. The molecule has 0 aliphatic carbocycles. The molecular formula is C39H71O8P. The number of unbranched alkanes of at least 4 members (excludes halogenated alkanes) is 19.